The molecule has 3 heterocycles. The smallest absolute Gasteiger partial charge is 0.380 e. The summed E-state index contributed by atoms with van der Waals surface area (Å²) in [6, 6.07) is 0. The fraction of sp³-hybridized carbons (Fsp3) is 0.958. The predicted molar refractivity (Wildman–Crippen MR) is 220 cm³/mol. The van der Waals surface area contributed by atoms with E-state index in [1.54, 1.807) is 18.6 Å². The molecule has 36 heteroatoms. The van der Waals surface area contributed by atoms with Crippen molar-refractivity contribution in [2.24, 2.45) is 71.0 Å². The molecule has 4 N–H and O–H groups in total. The lowest BCUT2D eigenvalue weighted by Crippen LogP contribution is -2.71. The van der Waals surface area contributed by atoms with Crippen molar-refractivity contribution in [3.63, 3.8) is 0 Å². The summed E-state index contributed by atoms with van der Waals surface area (Å²) in [6.07, 6.45) is -60.6. The zero-order valence-corrected chi connectivity index (χ0v) is 43.1. The summed E-state index contributed by atoms with van der Waals surface area (Å²) in [4.78, 5) is 0. The first-order valence-corrected chi connectivity index (χ1v) is 25.8. The maximum Gasteiger partial charge on any atom is 0.443 e. The minimum atomic E-state index is -5.97. The normalized spacial score (nSPS) is 49.6. The van der Waals surface area contributed by atoms with Crippen LogP contribution in [0.4, 0.5) is 119 Å². The second-order valence-electron chi connectivity index (χ2n) is 25.4. The Balaban J connectivity index is 0.000000143. The van der Waals surface area contributed by atoms with Gasteiger partial charge in [-0.25, -0.2) is 0 Å². The summed E-state index contributed by atoms with van der Waals surface area (Å²) in [5.74, 6) is -7.32. The number of fused-ring (bicyclic) bond motifs is 2. The van der Waals surface area contributed by atoms with Crippen molar-refractivity contribution in [2.45, 2.75) is 210 Å². The summed E-state index contributed by atoms with van der Waals surface area (Å²) >= 11 is 0. The molecule has 84 heavy (non-hydrogen) atoms. The molecule has 3 saturated heterocycles. The highest BCUT2D eigenvalue weighted by Gasteiger charge is 2.88. The zero-order valence-electron chi connectivity index (χ0n) is 43.1. The Morgan fingerprint density at radius 1 is 0.357 bits per heavy atom. The highest BCUT2D eigenvalue weighted by atomic mass is 19.4. The summed E-state index contributed by atoms with van der Waals surface area (Å²) in [5.41, 5.74) is -24.0. The summed E-state index contributed by atoms with van der Waals surface area (Å²) in [7, 11) is 0. The molecule has 0 aromatic rings. The number of allylic oxidation sites excluding steroid dienone is 1. The van der Waals surface area contributed by atoms with E-state index < -0.39 is 163 Å². The Kier molecular flexibility index (Phi) is 14.6. The van der Waals surface area contributed by atoms with Crippen LogP contribution in [0.5, 0.6) is 0 Å². The summed E-state index contributed by atoms with van der Waals surface area (Å²) < 4.78 is 379. The van der Waals surface area contributed by atoms with E-state index in [-0.39, 0.29) is 56.8 Å². The number of hydrogen-bond acceptors (Lipinski definition) is 9. The molecule has 0 aromatic heterocycles. The SMILES string of the molecule is C1C2C3C2C2C1C32.CC1(C(F)(F)F)CC(O)(C(F)(F)F)CC(O)(C(F)(F)F)O1.CC1(C(F)(F)F)CC(OC2C3CC4C(C3)C42)(C(F)(F)F)CC(O)(C(F)(F)F)O1.CC1(C(F)(F)F)CC(OC2CC3C=CC2C3)(C(F)(F)F)CC(O)(C(F)(F)F)O1. The Morgan fingerprint density at radius 2 is 0.714 bits per heavy atom. The molecule has 0 spiro atoms. The molecule has 15 atom stereocenters. The van der Waals surface area contributed by atoms with Gasteiger partial charge in [0.25, 0.3) is 17.4 Å². The van der Waals surface area contributed by atoms with Gasteiger partial charge in [0, 0.05) is 44.4 Å². The largest absolute Gasteiger partial charge is 0.443 e. The average molecular weight is 1280 g/mol. The number of aliphatic hydroxyl groups is 4. The van der Waals surface area contributed by atoms with Gasteiger partial charge in [-0.1, -0.05) is 12.2 Å². The molecular weight excluding hydrogens is 1230 g/mol. The van der Waals surface area contributed by atoms with Crippen molar-refractivity contribution in [3.05, 3.63) is 12.2 Å². The van der Waals surface area contributed by atoms with E-state index >= 15 is 0 Å². The summed E-state index contributed by atoms with van der Waals surface area (Å²) in [5, 5.41) is 37.9. The molecule has 14 aliphatic rings. The van der Waals surface area contributed by atoms with Crippen molar-refractivity contribution in [3.8, 4) is 0 Å². The van der Waals surface area contributed by atoms with Gasteiger partial charge in [-0.3, -0.25) is 0 Å². The molecule has 13 fully saturated rings. The van der Waals surface area contributed by atoms with Crippen LogP contribution >= 0.6 is 0 Å². The van der Waals surface area contributed by atoms with Crippen molar-refractivity contribution in [2.75, 3.05) is 0 Å². The molecule has 14 rings (SSSR count). The quantitative estimate of drug-likeness (QED) is 0.161. The van der Waals surface area contributed by atoms with Gasteiger partial charge in [0.2, 0.25) is 0 Å². The highest BCUT2D eigenvalue weighted by molar-refractivity contribution is 5.35. The maximum atomic E-state index is 14.0. The third-order valence-electron chi connectivity index (χ3n) is 19.7. The van der Waals surface area contributed by atoms with Crippen LogP contribution in [0.15, 0.2) is 12.2 Å². The second kappa shape index (κ2) is 18.6. The van der Waals surface area contributed by atoms with E-state index in [0.29, 0.717) is 19.3 Å². The first kappa shape index (κ1) is 65.9. The highest BCUT2D eigenvalue weighted by Crippen LogP contribution is 2.92. The molecule has 486 valence electrons. The minimum absolute atomic E-state index is 0.0486. The predicted octanol–water partition coefficient (Wildman–Crippen LogP) is 12.8. The molecular formula is C48H51F27O9. The number of rotatable bonds is 4. The Hall–Kier alpha value is -2.51. The van der Waals surface area contributed by atoms with Gasteiger partial charge in [0.1, 0.15) is 0 Å². The van der Waals surface area contributed by atoms with Crippen LogP contribution in [0.2, 0.25) is 0 Å². The van der Waals surface area contributed by atoms with Gasteiger partial charge in [0.15, 0.2) is 33.6 Å². The zero-order chi connectivity index (χ0) is 63.8. The molecule has 8 bridgehead atoms. The number of alkyl halides is 27. The Labute approximate surface area is 455 Å². The van der Waals surface area contributed by atoms with Crippen LogP contribution < -0.4 is 0 Å². The van der Waals surface area contributed by atoms with Crippen molar-refractivity contribution < 1.29 is 163 Å². The lowest BCUT2D eigenvalue weighted by molar-refractivity contribution is -0.476. The fourth-order valence-corrected chi connectivity index (χ4v) is 15.6. The first-order valence-electron chi connectivity index (χ1n) is 25.8. The molecule has 0 amide bonds. The van der Waals surface area contributed by atoms with Crippen LogP contribution in [0.3, 0.4) is 0 Å². The van der Waals surface area contributed by atoms with Gasteiger partial charge in [-0.05, 0) is 118 Å². The van der Waals surface area contributed by atoms with E-state index in [0.717, 1.165) is 0 Å². The molecule has 0 radical (unpaired) electrons. The van der Waals surface area contributed by atoms with Crippen molar-refractivity contribution in [1.29, 1.82) is 0 Å². The van der Waals surface area contributed by atoms with Gasteiger partial charge < -0.3 is 44.1 Å². The average Bonchev–Trinajstić information content (AvgIpc) is 1.43. The van der Waals surface area contributed by atoms with Crippen LogP contribution in [0, 0.1) is 71.0 Å². The molecule has 9 nitrogen and oxygen atoms in total. The lowest BCUT2D eigenvalue weighted by atomic mass is 9.77. The van der Waals surface area contributed by atoms with E-state index in [1.165, 1.54) is 35.5 Å². The van der Waals surface area contributed by atoms with E-state index in [9.17, 15) is 134 Å². The maximum absolute atomic E-state index is 14.0. The summed E-state index contributed by atoms with van der Waals surface area (Å²) in [6.45, 7) is 0.00816. The first-order chi connectivity index (χ1) is 37.2. The van der Waals surface area contributed by atoms with E-state index in [1.807, 2.05) is 0 Å². The minimum Gasteiger partial charge on any atom is -0.380 e. The number of hydrogen-bond donors (Lipinski definition) is 4. The Bertz CT molecular complexity index is 2350. The van der Waals surface area contributed by atoms with E-state index in [4.69, 9.17) is 14.6 Å². The van der Waals surface area contributed by atoms with Gasteiger partial charge >= 0.3 is 55.6 Å². The van der Waals surface area contributed by atoms with Gasteiger partial charge in [0.05, 0.1) is 12.2 Å². The van der Waals surface area contributed by atoms with Gasteiger partial charge in [-0.15, -0.1) is 0 Å². The molecule has 0 aromatic carbocycles. The molecule has 3 aliphatic heterocycles. The van der Waals surface area contributed by atoms with Crippen LogP contribution in [-0.2, 0) is 23.7 Å². The number of halogens is 27. The Morgan fingerprint density at radius 3 is 0.976 bits per heavy atom. The van der Waals surface area contributed by atoms with Crippen molar-refractivity contribution in [1.82, 2.24) is 0 Å². The third kappa shape index (κ3) is 10.4. The van der Waals surface area contributed by atoms with Crippen molar-refractivity contribution >= 4 is 0 Å². The standard InChI is InChI=1S/2C16H17F9O3.C9H9F9O3.C7H8/c1-11(14(17,18)19)4-12(15(20,21)22,5-13(26,28-11)16(23,24)25)27-10-6-2-7-8(3-6)9(7)10;1-11(14(17,18)19)6-12(15(20,21)22,7-13(26,28-11)16(23,24)25)27-10-5-8-2-3-9(10)4-8;1-4(7(10,11)12)2-5(19,8(13,14)15)3-6(20,21-4)9(16,17)18;1-2-4-5(2)7-3(1)6(4)7/h6-10,26H,2-5H2,1H3;2-3,8-10,26H,4-7H2,1H3;19-20H,2-3H2,1H3;2-7H,1H2. The van der Waals surface area contributed by atoms with Crippen LogP contribution in [0.1, 0.15) is 91.4 Å². The van der Waals surface area contributed by atoms with Crippen LogP contribution in [0.25, 0.3) is 0 Å². The number of ether oxygens (including phenoxy) is 5. The molecule has 15 unspecified atom stereocenters. The lowest BCUT2D eigenvalue weighted by Gasteiger charge is -2.53. The molecule has 10 saturated carbocycles. The van der Waals surface area contributed by atoms with Crippen LogP contribution in [-0.4, -0.2) is 139 Å². The molecule has 11 aliphatic carbocycles. The second-order valence-corrected chi connectivity index (χ2v) is 25.4. The third-order valence-corrected chi connectivity index (χ3v) is 19.7. The van der Waals surface area contributed by atoms with Gasteiger partial charge in [-0.2, -0.15) is 119 Å². The monoisotopic (exact) mass is 1280 g/mol. The topological polar surface area (TPSA) is 127 Å². The van der Waals surface area contributed by atoms with E-state index in [2.05, 4.69) is 14.2 Å². The fourth-order valence-electron chi connectivity index (χ4n) is 15.6.